The highest BCUT2D eigenvalue weighted by Gasteiger charge is 2.09. The zero-order valence-corrected chi connectivity index (χ0v) is 6.59. The van der Waals surface area contributed by atoms with Gasteiger partial charge >= 0.3 is 0 Å². The first-order valence-electron chi connectivity index (χ1n) is 3.73. The molecule has 0 fully saturated rings. The van der Waals surface area contributed by atoms with Gasteiger partial charge in [0.15, 0.2) is 11.6 Å². The lowest BCUT2D eigenvalue weighted by atomic mass is 10.1. The van der Waals surface area contributed by atoms with Crippen molar-refractivity contribution in [1.29, 1.82) is 0 Å². The van der Waals surface area contributed by atoms with E-state index in [1.54, 1.807) is 6.07 Å². The van der Waals surface area contributed by atoms with Gasteiger partial charge < -0.3 is 0 Å². The Hall–Kier alpha value is -1.71. The van der Waals surface area contributed by atoms with E-state index >= 15 is 0 Å². The molecule has 2 nitrogen and oxygen atoms in total. The zero-order chi connectivity index (χ0) is 9.26. The molecule has 0 aliphatic carbocycles. The smallest absolute Gasteiger partial charge is 0.168 e. The van der Waals surface area contributed by atoms with E-state index in [0.717, 1.165) is 6.07 Å². The Morgan fingerprint density at radius 2 is 2.00 bits per heavy atom. The van der Waals surface area contributed by atoms with E-state index in [2.05, 4.69) is 10.2 Å². The van der Waals surface area contributed by atoms with E-state index in [1.165, 1.54) is 18.3 Å². The van der Waals surface area contributed by atoms with E-state index < -0.39 is 11.6 Å². The molecule has 0 aliphatic rings. The van der Waals surface area contributed by atoms with Gasteiger partial charge in [0.2, 0.25) is 0 Å². The van der Waals surface area contributed by atoms with Crippen molar-refractivity contribution in [2.24, 2.45) is 0 Å². The molecule has 1 aromatic heterocycles. The third kappa shape index (κ3) is 1.30. The van der Waals surface area contributed by atoms with Crippen LogP contribution >= 0.6 is 0 Å². The highest BCUT2D eigenvalue weighted by atomic mass is 19.2. The molecule has 4 heteroatoms. The molecular formula is C9H6F2N2. The predicted molar refractivity (Wildman–Crippen MR) is 43.9 cm³/mol. The Balaban J connectivity index is 2.59. The molecule has 1 heterocycles. The highest BCUT2D eigenvalue weighted by Crippen LogP contribution is 2.21. The van der Waals surface area contributed by atoms with E-state index in [1.807, 2.05) is 0 Å². The van der Waals surface area contributed by atoms with Crippen molar-refractivity contribution in [2.75, 3.05) is 0 Å². The minimum Gasteiger partial charge on any atom is -0.278 e. The molecule has 0 amide bonds. The van der Waals surface area contributed by atoms with Gasteiger partial charge in [0, 0.05) is 11.8 Å². The molecule has 1 N–H and O–H groups in total. The van der Waals surface area contributed by atoms with Crippen LogP contribution in [0, 0.1) is 11.6 Å². The van der Waals surface area contributed by atoms with Crippen LogP contribution in [0.4, 0.5) is 8.78 Å². The standard InChI is InChI=1S/C9H6F2N2/c10-7-3-1-2-6(9(7)11)8-4-5-12-13-8/h1-5H,(H,12,13). The fraction of sp³-hybridized carbons (Fsp3) is 0. The highest BCUT2D eigenvalue weighted by molar-refractivity contribution is 5.59. The van der Waals surface area contributed by atoms with Gasteiger partial charge in [0.1, 0.15) is 0 Å². The summed E-state index contributed by atoms with van der Waals surface area (Å²) in [5.41, 5.74) is 0.662. The maximum absolute atomic E-state index is 13.1. The summed E-state index contributed by atoms with van der Waals surface area (Å²) in [6.07, 6.45) is 1.49. The third-order valence-corrected chi connectivity index (χ3v) is 1.74. The lowest BCUT2D eigenvalue weighted by Gasteiger charge is -1.99. The average molecular weight is 180 g/mol. The molecule has 0 aliphatic heterocycles. The first kappa shape index (κ1) is 7.91. The van der Waals surface area contributed by atoms with Crippen molar-refractivity contribution < 1.29 is 8.78 Å². The molecule has 0 unspecified atom stereocenters. The SMILES string of the molecule is Fc1cccc(-c2ccn[nH]2)c1F. The second-order valence-electron chi connectivity index (χ2n) is 2.57. The lowest BCUT2D eigenvalue weighted by Crippen LogP contribution is -1.88. The van der Waals surface area contributed by atoms with Crippen LogP contribution in [0.2, 0.25) is 0 Å². The van der Waals surface area contributed by atoms with E-state index in [0.29, 0.717) is 5.69 Å². The van der Waals surface area contributed by atoms with Crippen LogP contribution in [0.1, 0.15) is 0 Å². The predicted octanol–water partition coefficient (Wildman–Crippen LogP) is 2.35. The van der Waals surface area contributed by atoms with Crippen LogP contribution in [-0.2, 0) is 0 Å². The number of nitrogens with one attached hydrogen (secondary N) is 1. The van der Waals surface area contributed by atoms with Crippen molar-refractivity contribution in [1.82, 2.24) is 10.2 Å². The number of hydrogen-bond acceptors (Lipinski definition) is 1. The van der Waals surface area contributed by atoms with Crippen molar-refractivity contribution in [3.8, 4) is 11.3 Å². The van der Waals surface area contributed by atoms with E-state index in [4.69, 9.17) is 0 Å². The number of nitrogens with zero attached hydrogens (tertiary/aromatic N) is 1. The van der Waals surface area contributed by atoms with Crippen LogP contribution in [0.3, 0.4) is 0 Å². The van der Waals surface area contributed by atoms with Gasteiger partial charge in [-0.3, -0.25) is 5.10 Å². The van der Waals surface area contributed by atoms with E-state index in [9.17, 15) is 8.78 Å². The molecule has 0 radical (unpaired) electrons. The third-order valence-electron chi connectivity index (χ3n) is 1.74. The van der Waals surface area contributed by atoms with Gasteiger partial charge in [-0.05, 0) is 18.2 Å². The molecule has 0 spiro atoms. The maximum Gasteiger partial charge on any atom is 0.168 e. The van der Waals surface area contributed by atoms with Gasteiger partial charge in [-0.25, -0.2) is 8.78 Å². The molecule has 66 valence electrons. The number of aromatic amines is 1. The van der Waals surface area contributed by atoms with Crippen molar-refractivity contribution >= 4 is 0 Å². The second kappa shape index (κ2) is 2.97. The summed E-state index contributed by atoms with van der Waals surface area (Å²) in [5.74, 6) is -1.71. The molecule has 0 saturated carbocycles. The normalized spacial score (nSPS) is 10.3. The Morgan fingerprint density at radius 3 is 2.69 bits per heavy atom. The number of rotatable bonds is 1. The number of aromatic nitrogens is 2. The largest absolute Gasteiger partial charge is 0.278 e. The average Bonchev–Trinajstić information content (AvgIpc) is 2.62. The molecular weight excluding hydrogens is 174 g/mol. The van der Waals surface area contributed by atoms with Gasteiger partial charge in [-0.15, -0.1) is 0 Å². The summed E-state index contributed by atoms with van der Waals surface area (Å²) in [5, 5.41) is 6.22. The van der Waals surface area contributed by atoms with Gasteiger partial charge in [-0.1, -0.05) is 6.07 Å². The summed E-state index contributed by atoms with van der Waals surface area (Å²) in [7, 11) is 0. The number of benzene rings is 1. The Kier molecular flexibility index (Phi) is 1.81. The van der Waals surface area contributed by atoms with Crippen LogP contribution in [0.15, 0.2) is 30.5 Å². The van der Waals surface area contributed by atoms with Gasteiger partial charge in [0.05, 0.1) is 5.69 Å². The minimum atomic E-state index is -0.855. The summed E-state index contributed by atoms with van der Waals surface area (Å²) in [6, 6.07) is 5.60. The summed E-state index contributed by atoms with van der Waals surface area (Å²) in [6.45, 7) is 0. The molecule has 2 aromatic rings. The summed E-state index contributed by atoms with van der Waals surface area (Å²) in [4.78, 5) is 0. The zero-order valence-electron chi connectivity index (χ0n) is 6.59. The lowest BCUT2D eigenvalue weighted by molar-refractivity contribution is 0.511. The number of halogens is 2. The quantitative estimate of drug-likeness (QED) is 0.716. The van der Waals surface area contributed by atoms with Crippen LogP contribution < -0.4 is 0 Å². The molecule has 2 rings (SSSR count). The number of hydrogen-bond donors (Lipinski definition) is 1. The molecule has 0 atom stereocenters. The Labute approximate surface area is 73.2 Å². The summed E-state index contributed by atoms with van der Waals surface area (Å²) < 4.78 is 25.9. The first-order chi connectivity index (χ1) is 6.29. The molecule has 1 aromatic carbocycles. The van der Waals surface area contributed by atoms with Gasteiger partial charge in [0.25, 0.3) is 0 Å². The number of H-pyrrole nitrogens is 1. The Bertz CT molecular complexity index is 410. The van der Waals surface area contributed by atoms with Crippen molar-refractivity contribution in [3.05, 3.63) is 42.1 Å². The second-order valence-corrected chi connectivity index (χ2v) is 2.57. The minimum absolute atomic E-state index is 0.192. The van der Waals surface area contributed by atoms with Crippen molar-refractivity contribution in [3.63, 3.8) is 0 Å². The summed E-state index contributed by atoms with van der Waals surface area (Å²) >= 11 is 0. The Morgan fingerprint density at radius 1 is 1.15 bits per heavy atom. The maximum atomic E-state index is 13.1. The molecule has 0 bridgehead atoms. The first-order valence-corrected chi connectivity index (χ1v) is 3.73. The van der Waals surface area contributed by atoms with Crippen LogP contribution in [0.25, 0.3) is 11.3 Å². The molecule has 13 heavy (non-hydrogen) atoms. The fourth-order valence-corrected chi connectivity index (χ4v) is 1.12. The van der Waals surface area contributed by atoms with Crippen LogP contribution in [0.5, 0.6) is 0 Å². The topological polar surface area (TPSA) is 28.7 Å². The van der Waals surface area contributed by atoms with Crippen LogP contribution in [-0.4, -0.2) is 10.2 Å². The van der Waals surface area contributed by atoms with Crippen molar-refractivity contribution in [2.45, 2.75) is 0 Å². The monoisotopic (exact) mass is 180 g/mol. The molecule has 0 saturated heterocycles. The van der Waals surface area contributed by atoms with E-state index in [-0.39, 0.29) is 5.56 Å². The van der Waals surface area contributed by atoms with Gasteiger partial charge in [-0.2, -0.15) is 5.10 Å². The fourth-order valence-electron chi connectivity index (χ4n) is 1.12.